The second-order valence-electron chi connectivity index (χ2n) is 8.01. The van der Waals surface area contributed by atoms with Crippen molar-refractivity contribution in [3.05, 3.63) is 82.9 Å². The summed E-state index contributed by atoms with van der Waals surface area (Å²) in [6, 6.07) is 18.7. The predicted molar refractivity (Wildman–Crippen MR) is 135 cm³/mol. The molecule has 0 aliphatic carbocycles. The van der Waals surface area contributed by atoms with Crippen molar-refractivity contribution in [2.24, 2.45) is 0 Å². The van der Waals surface area contributed by atoms with Gasteiger partial charge in [0.2, 0.25) is 0 Å². The monoisotopic (exact) mass is 485 g/mol. The van der Waals surface area contributed by atoms with E-state index in [2.05, 4.69) is 4.98 Å². The van der Waals surface area contributed by atoms with Crippen LogP contribution in [0.1, 0.15) is 27.7 Å². The third-order valence-electron chi connectivity index (χ3n) is 5.63. The molecule has 5 rings (SSSR count). The molecular formula is C27H23N3O4S. The van der Waals surface area contributed by atoms with Crippen LogP contribution in [-0.4, -0.2) is 35.1 Å². The molecule has 1 amide bonds. The molecular weight excluding hydrogens is 462 g/mol. The number of pyridine rings is 1. The fourth-order valence-corrected chi connectivity index (χ4v) is 4.89. The normalized spacial score (nSPS) is 12.7. The number of esters is 1. The van der Waals surface area contributed by atoms with Gasteiger partial charge in [-0.2, -0.15) is 0 Å². The number of anilines is 1. The van der Waals surface area contributed by atoms with Crippen LogP contribution in [0.25, 0.3) is 22.0 Å². The van der Waals surface area contributed by atoms with E-state index in [0.29, 0.717) is 30.2 Å². The summed E-state index contributed by atoms with van der Waals surface area (Å²) in [6.07, 6.45) is 1.75. The molecule has 0 saturated heterocycles. The number of rotatable bonds is 6. The van der Waals surface area contributed by atoms with E-state index >= 15 is 0 Å². The molecule has 0 saturated carbocycles. The highest BCUT2D eigenvalue weighted by atomic mass is 32.1. The van der Waals surface area contributed by atoms with Crippen molar-refractivity contribution in [3.63, 3.8) is 0 Å². The van der Waals surface area contributed by atoms with Crippen LogP contribution in [0.5, 0.6) is 5.75 Å². The third kappa shape index (κ3) is 4.65. The number of fused-ring (bicyclic) bond motifs is 1. The second-order valence-corrected chi connectivity index (χ2v) is 9.21. The Kier molecular flexibility index (Phi) is 6.29. The van der Waals surface area contributed by atoms with Gasteiger partial charge in [-0.05, 0) is 61.9 Å². The first kappa shape index (κ1) is 22.7. The van der Waals surface area contributed by atoms with E-state index in [1.807, 2.05) is 49.4 Å². The largest absolute Gasteiger partial charge is 0.482 e. The van der Waals surface area contributed by atoms with E-state index in [1.165, 1.54) is 0 Å². The lowest BCUT2D eigenvalue weighted by Crippen LogP contribution is -2.38. The molecule has 0 radical (unpaired) electrons. The van der Waals surface area contributed by atoms with Crippen molar-refractivity contribution in [2.75, 3.05) is 18.1 Å². The van der Waals surface area contributed by atoms with E-state index in [4.69, 9.17) is 14.5 Å². The predicted octanol–water partition coefficient (Wildman–Crippen LogP) is 5.28. The summed E-state index contributed by atoms with van der Waals surface area (Å²) in [5.41, 5.74) is 4.52. The highest BCUT2D eigenvalue weighted by Crippen LogP contribution is 2.39. The Bertz CT molecular complexity index is 1400. The Hall–Kier alpha value is -4.04. The maximum atomic E-state index is 12.9. The topological polar surface area (TPSA) is 81.6 Å². The molecule has 0 fully saturated rings. The van der Waals surface area contributed by atoms with Gasteiger partial charge >= 0.3 is 5.97 Å². The standard InChI is InChI=1S/C27H23N3O4S/c1-3-33-27(32)20-8-6-7-18(13-20)15-30-22-14-19(10-11-23(22)34-16-24(30)31)25-17(2)35-26(29-25)21-9-4-5-12-28-21/h4-14H,3,15-16H2,1-2H3. The van der Waals surface area contributed by atoms with Crippen LogP contribution in [0.3, 0.4) is 0 Å². The molecule has 0 N–H and O–H groups in total. The van der Waals surface area contributed by atoms with Gasteiger partial charge in [-0.15, -0.1) is 11.3 Å². The Labute approximate surface area is 207 Å². The zero-order valence-electron chi connectivity index (χ0n) is 19.4. The van der Waals surface area contributed by atoms with Gasteiger partial charge < -0.3 is 14.4 Å². The van der Waals surface area contributed by atoms with E-state index in [9.17, 15) is 9.59 Å². The van der Waals surface area contributed by atoms with Gasteiger partial charge in [0.1, 0.15) is 10.8 Å². The maximum Gasteiger partial charge on any atom is 0.338 e. The fraction of sp³-hybridized carbons (Fsp3) is 0.185. The Balaban J connectivity index is 1.48. The summed E-state index contributed by atoms with van der Waals surface area (Å²) in [5.74, 6) is 0.0983. The molecule has 176 valence electrons. The number of amides is 1. The molecule has 0 atom stereocenters. The first-order valence-electron chi connectivity index (χ1n) is 11.3. The molecule has 1 aliphatic heterocycles. The van der Waals surface area contributed by atoms with Crippen LogP contribution in [0, 0.1) is 6.92 Å². The molecule has 7 nitrogen and oxygen atoms in total. The number of thiazole rings is 1. The Morgan fingerprint density at radius 2 is 2.03 bits per heavy atom. The van der Waals surface area contributed by atoms with Crippen LogP contribution in [0.4, 0.5) is 5.69 Å². The van der Waals surface area contributed by atoms with Gasteiger partial charge in [0, 0.05) is 16.6 Å². The van der Waals surface area contributed by atoms with E-state index in [1.54, 1.807) is 47.6 Å². The first-order valence-corrected chi connectivity index (χ1v) is 12.1. The number of hydrogen-bond acceptors (Lipinski definition) is 7. The van der Waals surface area contributed by atoms with Gasteiger partial charge in [0.05, 0.1) is 35.8 Å². The zero-order chi connectivity index (χ0) is 24.4. The smallest absolute Gasteiger partial charge is 0.338 e. The van der Waals surface area contributed by atoms with Crippen molar-refractivity contribution < 1.29 is 19.1 Å². The average molecular weight is 486 g/mol. The van der Waals surface area contributed by atoms with E-state index in [0.717, 1.165) is 32.4 Å². The van der Waals surface area contributed by atoms with Gasteiger partial charge in [-0.1, -0.05) is 18.2 Å². The molecule has 4 aromatic rings. The van der Waals surface area contributed by atoms with Crippen molar-refractivity contribution in [2.45, 2.75) is 20.4 Å². The number of hydrogen-bond donors (Lipinski definition) is 0. The van der Waals surface area contributed by atoms with Crippen LogP contribution in [-0.2, 0) is 16.1 Å². The van der Waals surface area contributed by atoms with Crippen molar-refractivity contribution in [3.8, 4) is 27.7 Å². The highest BCUT2D eigenvalue weighted by Gasteiger charge is 2.27. The molecule has 2 aromatic heterocycles. The quantitative estimate of drug-likeness (QED) is 0.346. The Morgan fingerprint density at radius 1 is 1.14 bits per heavy atom. The van der Waals surface area contributed by atoms with Gasteiger partial charge in [-0.25, -0.2) is 9.78 Å². The lowest BCUT2D eigenvalue weighted by molar-refractivity contribution is -0.121. The summed E-state index contributed by atoms with van der Waals surface area (Å²) in [6.45, 7) is 4.37. The molecule has 0 unspecified atom stereocenters. The van der Waals surface area contributed by atoms with E-state index < -0.39 is 0 Å². The molecule has 35 heavy (non-hydrogen) atoms. The van der Waals surface area contributed by atoms with Gasteiger partial charge in [-0.3, -0.25) is 9.78 Å². The average Bonchev–Trinajstić information content (AvgIpc) is 3.28. The molecule has 3 heterocycles. The maximum absolute atomic E-state index is 12.9. The number of aryl methyl sites for hydroxylation is 1. The summed E-state index contributed by atoms with van der Waals surface area (Å²) in [7, 11) is 0. The molecule has 1 aliphatic rings. The SMILES string of the molecule is CCOC(=O)c1cccc(CN2C(=O)COc3ccc(-c4nc(-c5ccccn5)sc4C)cc32)c1. The number of ether oxygens (including phenoxy) is 2. The number of nitrogens with zero attached hydrogens (tertiary/aromatic N) is 3. The van der Waals surface area contributed by atoms with Crippen LogP contribution < -0.4 is 9.64 Å². The van der Waals surface area contributed by atoms with Crippen molar-refractivity contribution in [1.82, 2.24) is 9.97 Å². The lowest BCUT2D eigenvalue weighted by Gasteiger charge is -2.30. The van der Waals surface area contributed by atoms with Crippen LogP contribution in [0.2, 0.25) is 0 Å². The summed E-state index contributed by atoms with van der Waals surface area (Å²) in [4.78, 5) is 37.0. The molecule has 0 bridgehead atoms. The molecule has 2 aromatic carbocycles. The van der Waals surface area contributed by atoms with Crippen molar-refractivity contribution in [1.29, 1.82) is 0 Å². The van der Waals surface area contributed by atoms with Crippen molar-refractivity contribution >= 4 is 28.9 Å². The number of benzene rings is 2. The second kappa shape index (κ2) is 9.68. The van der Waals surface area contributed by atoms with Crippen LogP contribution in [0.15, 0.2) is 66.9 Å². The lowest BCUT2D eigenvalue weighted by atomic mass is 10.1. The molecule has 8 heteroatoms. The van der Waals surface area contributed by atoms with Crippen LogP contribution >= 0.6 is 11.3 Å². The fourth-order valence-electron chi connectivity index (χ4n) is 3.98. The number of carbonyl (C=O) groups excluding carboxylic acids is 2. The summed E-state index contributed by atoms with van der Waals surface area (Å²) in [5, 5.41) is 0.843. The summed E-state index contributed by atoms with van der Waals surface area (Å²) >= 11 is 1.58. The molecule has 0 spiro atoms. The minimum Gasteiger partial charge on any atom is -0.482 e. The first-order chi connectivity index (χ1) is 17.0. The number of aromatic nitrogens is 2. The van der Waals surface area contributed by atoms with E-state index in [-0.39, 0.29) is 18.5 Å². The number of carbonyl (C=O) groups is 2. The minimum atomic E-state index is -0.381. The highest BCUT2D eigenvalue weighted by molar-refractivity contribution is 7.15. The van der Waals surface area contributed by atoms with Gasteiger partial charge in [0.15, 0.2) is 6.61 Å². The Morgan fingerprint density at radius 3 is 2.83 bits per heavy atom. The third-order valence-corrected chi connectivity index (χ3v) is 6.63. The van der Waals surface area contributed by atoms with Gasteiger partial charge in [0.25, 0.3) is 5.91 Å². The minimum absolute atomic E-state index is 0.0382. The summed E-state index contributed by atoms with van der Waals surface area (Å²) < 4.78 is 10.8. The zero-order valence-corrected chi connectivity index (χ0v) is 20.2.